The third-order valence-corrected chi connectivity index (χ3v) is 3.39. The van der Waals surface area contributed by atoms with Gasteiger partial charge in [-0.3, -0.25) is 0 Å². The Morgan fingerprint density at radius 2 is 1.72 bits per heavy atom. The molecule has 108 valence electrons. The van der Waals surface area contributed by atoms with Crippen molar-refractivity contribution in [2.24, 2.45) is 5.73 Å². The molecular weight excluding hydrogens is 228 g/mol. The third kappa shape index (κ3) is 6.24. The van der Waals surface area contributed by atoms with E-state index in [1.165, 1.54) is 51.6 Å². The monoisotopic (exact) mass is 258 g/mol. The second-order valence-electron chi connectivity index (χ2n) is 6.21. The molecule has 18 heavy (non-hydrogen) atoms. The summed E-state index contributed by atoms with van der Waals surface area (Å²) in [6.07, 6.45) is 8.17. The van der Waals surface area contributed by atoms with E-state index in [2.05, 4.69) is 9.64 Å². The number of carbonyl (C=O) groups is 1. The van der Waals surface area contributed by atoms with Gasteiger partial charge in [-0.15, -0.1) is 0 Å². The standard InChI is InChI=1S/C9H17N.C5H11NO2.H2/c1-2-5-9(6-3-1)10-7-4-8-10;1-5(2,3)8-4(6)7;/h9H,1-8H2;1-3H3,(H2,6,7);1H. The van der Waals surface area contributed by atoms with Gasteiger partial charge in [-0.1, -0.05) is 19.3 Å². The number of likely N-dealkylation sites (tertiary alicyclic amines) is 1. The summed E-state index contributed by atoms with van der Waals surface area (Å²) in [5.74, 6) is 0. The quantitative estimate of drug-likeness (QED) is 0.786. The molecule has 1 aliphatic heterocycles. The second-order valence-corrected chi connectivity index (χ2v) is 6.21. The van der Waals surface area contributed by atoms with Crippen LogP contribution in [-0.4, -0.2) is 35.7 Å². The molecule has 1 amide bonds. The van der Waals surface area contributed by atoms with Crippen molar-refractivity contribution in [3.05, 3.63) is 0 Å². The lowest BCUT2D eigenvalue weighted by Crippen LogP contribution is -2.45. The molecule has 2 fully saturated rings. The lowest BCUT2D eigenvalue weighted by atomic mass is 9.92. The van der Waals surface area contributed by atoms with E-state index in [0.29, 0.717) is 0 Å². The zero-order valence-corrected chi connectivity index (χ0v) is 12.1. The van der Waals surface area contributed by atoms with E-state index in [-0.39, 0.29) is 1.43 Å². The topological polar surface area (TPSA) is 55.6 Å². The summed E-state index contributed by atoms with van der Waals surface area (Å²) in [6, 6.07) is 0.988. The molecule has 1 saturated heterocycles. The van der Waals surface area contributed by atoms with E-state index >= 15 is 0 Å². The summed E-state index contributed by atoms with van der Waals surface area (Å²) in [6.45, 7) is 8.07. The van der Waals surface area contributed by atoms with Gasteiger partial charge in [0.2, 0.25) is 0 Å². The molecule has 2 aliphatic rings. The van der Waals surface area contributed by atoms with Crippen molar-refractivity contribution in [2.45, 2.75) is 70.9 Å². The highest BCUT2D eigenvalue weighted by Gasteiger charge is 2.24. The predicted octanol–water partition coefficient (Wildman–Crippen LogP) is 3.15. The Morgan fingerprint density at radius 3 is 2.00 bits per heavy atom. The molecule has 0 unspecified atom stereocenters. The highest BCUT2D eigenvalue weighted by molar-refractivity contribution is 5.65. The first-order valence-electron chi connectivity index (χ1n) is 7.11. The second kappa shape index (κ2) is 6.98. The van der Waals surface area contributed by atoms with Crippen molar-refractivity contribution in [3.63, 3.8) is 0 Å². The van der Waals surface area contributed by atoms with E-state index in [9.17, 15) is 4.79 Å². The number of amides is 1. The highest BCUT2D eigenvalue weighted by atomic mass is 16.6. The Hall–Kier alpha value is -0.770. The van der Waals surface area contributed by atoms with Crippen LogP contribution >= 0.6 is 0 Å². The summed E-state index contributed by atoms with van der Waals surface area (Å²) in [5, 5.41) is 0. The maximum Gasteiger partial charge on any atom is 0.405 e. The van der Waals surface area contributed by atoms with Crippen LogP contribution in [0.25, 0.3) is 0 Å². The summed E-state index contributed by atoms with van der Waals surface area (Å²) in [4.78, 5) is 12.7. The number of nitrogens with two attached hydrogens (primary N) is 1. The number of hydrogen-bond acceptors (Lipinski definition) is 3. The van der Waals surface area contributed by atoms with Crippen LogP contribution in [0.1, 0.15) is 60.7 Å². The number of hydrogen-bond donors (Lipinski definition) is 1. The van der Waals surface area contributed by atoms with E-state index in [4.69, 9.17) is 5.73 Å². The van der Waals surface area contributed by atoms with Crippen LogP contribution in [-0.2, 0) is 4.74 Å². The number of rotatable bonds is 1. The van der Waals surface area contributed by atoms with Crippen LogP contribution in [0, 0.1) is 0 Å². The van der Waals surface area contributed by atoms with Crippen LogP contribution in [0.5, 0.6) is 0 Å². The predicted molar refractivity (Wildman–Crippen MR) is 75.6 cm³/mol. The average Bonchev–Trinajstić information content (AvgIpc) is 2.13. The van der Waals surface area contributed by atoms with Gasteiger partial charge < -0.3 is 15.4 Å². The Morgan fingerprint density at radius 1 is 1.17 bits per heavy atom. The molecule has 4 heteroatoms. The summed E-state index contributed by atoms with van der Waals surface area (Å²) >= 11 is 0. The number of primary amides is 1. The van der Waals surface area contributed by atoms with Crippen LogP contribution in [0.2, 0.25) is 0 Å². The molecule has 2 rings (SSSR count). The van der Waals surface area contributed by atoms with Crippen molar-refractivity contribution in [2.75, 3.05) is 13.1 Å². The zero-order chi connectivity index (χ0) is 13.6. The molecule has 0 bridgehead atoms. The van der Waals surface area contributed by atoms with Crippen molar-refractivity contribution in [3.8, 4) is 0 Å². The van der Waals surface area contributed by atoms with Gasteiger partial charge in [-0.05, 0) is 53.1 Å². The zero-order valence-electron chi connectivity index (χ0n) is 12.1. The van der Waals surface area contributed by atoms with Crippen molar-refractivity contribution < 1.29 is 11.0 Å². The molecule has 0 spiro atoms. The molecule has 0 aromatic carbocycles. The number of carbonyl (C=O) groups excluding carboxylic acids is 1. The Balaban J connectivity index is 0.000000335. The maximum absolute atomic E-state index is 10.0. The Kier molecular flexibility index (Phi) is 5.93. The largest absolute Gasteiger partial charge is 0.444 e. The Labute approximate surface area is 112 Å². The molecule has 1 saturated carbocycles. The van der Waals surface area contributed by atoms with Gasteiger partial charge in [-0.2, -0.15) is 0 Å². The number of nitrogens with zero attached hydrogens (tertiary/aromatic N) is 1. The average molecular weight is 258 g/mol. The molecule has 0 aromatic rings. The lowest BCUT2D eigenvalue weighted by molar-refractivity contribution is 0.0600. The van der Waals surface area contributed by atoms with Crippen LogP contribution in [0.3, 0.4) is 0 Å². The van der Waals surface area contributed by atoms with Gasteiger partial charge in [0.15, 0.2) is 0 Å². The molecule has 2 N–H and O–H groups in total. The highest BCUT2D eigenvalue weighted by Crippen LogP contribution is 2.25. The van der Waals surface area contributed by atoms with Crippen LogP contribution < -0.4 is 5.73 Å². The lowest BCUT2D eigenvalue weighted by Gasteiger charge is -2.40. The molecule has 1 aliphatic carbocycles. The molecule has 0 radical (unpaired) electrons. The van der Waals surface area contributed by atoms with Crippen molar-refractivity contribution >= 4 is 6.09 Å². The SMILES string of the molecule is C1CCC(N2CCC2)CC1.CC(C)(C)OC(N)=O.[HH]. The minimum Gasteiger partial charge on any atom is -0.444 e. The minimum absolute atomic E-state index is 0. The smallest absolute Gasteiger partial charge is 0.405 e. The van der Waals surface area contributed by atoms with E-state index in [1.807, 2.05) is 0 Å². The fraction of sp³-hybridized carbons (Fsp3) is 0.929. The first-order valence-corrected chi connectivity index (χ1v) is 7.11. The maximum atomic E-state index is 10.0. The normalized spacial score (nSPS) is 21.5. The van der Waals surface area contributed by atoms with Gasteiger partial charge in [0.05, 0.1) is 0 Å². The van der Waals surface area contributed by atoms with Crippen molar-refractivity contribution in [1.82, 2.24) is 4.90 Å². The molecule has 1 heterocycles. The molecule has 0 atom stereocenters. The molecule has 4 nitrogen and oxygen atoms in total. The fourth-order valence-corrected chi connectivity index (χ4v) is 2.45. The van der Waals surface area contributed by atoms with Gasteiger partial charge >= 0.3 is 6.09 Å². The summed E-state index contributed by atoms with van der Waals surface area (Å²) < 4.78 is 4.58. The Bertz CT molecular complexity index is 257. The first-order chi connectivity index (χ1) is 8.38. The van der Waals surface area contributed by atoms with Gasteiger partial charge in [0.1, 0.15) is 5.60 Å². The van der Waals surface area contributed by atoms with Gasteiger partial charge in [-0.25, -0.2) is 4.79 Å². The first kappa shape index (κ1) is 15.3. The van der Waals surface area contributed by atoms with E-state index in [0.717, 1.165) is 6.04 Å². The van der Waals surface area contributed by atoms with Gasteiger partial charge in [0.25, 0.3) is 0 Å². The number of ether oxygens (including phenoxy) is 1. The molecular formula is C14H30N2O2. The third-order valence-electron chi connectivity index (χ3n) is 3.39. The van der Waals surface area contributed by atoms with Crippen molar-refractivity contribution in [1.29, 1.82) is 0 Å². The van der Waals surface area contributed by atoms with E-state index < -0.39 is 11.7 Å². The van der Waals surface area contributed by atoms with E-state index in [1.54, 1.807) is 20.8 Å². The van der Waals surface area contributed by atoms with Gasteiger partial charge in [0, 0.05) is 7.47 Å². The summed E-state index contributed by atoms with van der Waals surface area (Å²) in [7, 11) is 0. The van der Waals surface area contributed by atoms with Crippen LogP contribution in [0.15, 0.2) is 0 Å². The molecule has 0 aromatic heterocycles. The minimum atomic E-state index is -0.725. The fourth-order valence-electron chi connectivity index (χ4n) is 2.45. The van der Waals surface area contributed by atoms with Crippen LogP contribution in [0.4, 0.5) is 4.79 Å². The summed E-state index contributed by atoms with van der Waals surface area (Å²) in [5.41, 5.74) is 4.26.